The molecule has 5 rings (SSSR count). The van der Waals surface area contributed by atoms with E-state index in [-0.39, 0.29) is 29.8 Å². The molecule has 10 nitrogen and oxygen atoms in total. The number of halogens is 1. The predicted molar refractivity (Wildman–Crippen MR) is 140 cm³/mol. The van der Waals surface area contributed by atoms with Gasteiger partial charge < -0.3 is 9.15 Å². The fourth-order valence-electron chi connectivity index (χ4n) is 4.10. The molecule has 2 aromatic heterocycles. The third-order valence-electron chi connectivity index (χ3n) is 5.91. The lowest BCUT2D eigenvalue weighted by Gasteiger charge is -2.29. The van der Waals surface area contributed by atoms with Crippen molar-refractivity contribution in [3.05, 3.63) is 53.0 Å². The molecule has 0 unspecified atom stereocenters. The number of morpholine rings is 1. The van der Waals surface area contributed by atoms with Gasteiger partial charge in [-0.05, 0) is 24.3 Å². The number of oxazole rings is 1. The molecule has 2 aromatic carbocycles. The number of benzene rings is 2. The van der Waals surface area contributed by atoms with Gasteiger partial charge in [-0.25, -0.2) is 18.2 Å². The topological polar surface area (TPSA) is 115 Å². The number of ether oxygens (including phenoxy) is 1. The number of carbonyl (C=O) groups is 1. The minimum absolute atomic E-state index is 0. The SMILES string of the molecule is CS(=O)(=O)c1cccc2sc(N(CCN3CCOCC3)C(=O)Cn3c(=O)oc4ccccc43)nc12.Cl. The second-order valence-electron chi connectivity index (χ2n) is 8.29. The largest absolute Gasteiger partial charge is 0.420 e. The van der Waals surface area contributed by atoms with Crippen LogP contribution >= 0.6 is 23.7 Å². The highest BCUT2D eigenvalue weighted by Gasteiger charge is 2.25. The van der Waals surface area contributed by atoms with Gasteiger partial charge in [0.05, 0.1) is 28.3 Å². The van der Waals surface area contributed by atoms with Crippen LogP contribution in [0.2, 0.25) is 0 Å². The van der Waals surface area contributed by atoms with Crippen molar-refractivity contribution in [3.8, 4) is 0 Å². The van der Waals surface area contributed by atoms with Gasteiger partial charge >= 0.3 is 5.76 Å². The first-order valence-corrected chi connectivity index (χ1v) is 13.8. The fourth-order valence-corrected chi connectivity index (χ4v) is 6.04. The third kappa shape index (κ3) is 5.32. The van der Waals surface area contributed by atoms with Gasteiger partial charge in [-0.15, -0.1) is 12.4 Å². The van der Waals surface area contributed by atoms with Crippen molar-refractivity contribution in [2.45, 2.75) is 11.4 Å². The molecule has 1 aliphatic heterocycles. The van der Waals surface area contributed by atoms with Crippen LogP contribution in [0.1, 0.15) is 0 Å². The molecule has 4 aromatic rings. The maximum atomic E-state index is 13.6. The lowest BCUT2D eigenvalue weighted by atomic mass is 10.3. The van der Waals surface area contributed by atoms with Gasteiger partial charge in [0.25, 0.3) is 0 Å². The van der Waals surface area contributed by atoms with E-state index in [2.05, 4.69) is 9.88 Å². The summed E-state index contributed by atoms with van der Waals surface area (Å²) < 4.78 is 37.2. The standard InChI is InChI=1S/C23H24N4O6S2.ClH/c1-35(30,31)19-8-4-7-18-21(19)24-22(34-18)26(10-9-25-11-13-32-14-12-25)20(28)15-27-16-5-2-3-6-17(16)33-23(27)29;/h2-8H,9-15H2,1H3;1H. The fraction of sp³-hybridized carbons (Fsp3) is 0.348. The van der Waals surface area contributed by atoms with Crippen molar-refractivity contribution in [1.82, 2.24) is 14.5 Å². The number of hydrogen-bond acceptors (Lipinski definition) is 9. The molecule has 0 spiro atoms. The minimum atomic E-state index is -3.50. The Kier molecular flexibility index (Phi) is 7.81. The summed E-state index contributed by atoms with van der Waals surface area (Å²) in [5, 5.41) is 0.384. The average Bonchev–Trinajstić information content (AvgIpc) is 3.40. The van der Waals surface area contributed by atoms with Gasteiger partial charge in [0.15, 0.2) is 20.6 Å². The Balaban J connectivity index is 0.00000304. The number of nitrogens with zero attached hydrogens (tertiary/aromatic N) is 4. The van der Waals surface area contributed by atoms with E-state index in [0.29, 0.717) is 52.8 Å². The van der Waals surface area contributed by atoms with Crippen molar-refractivity contribution in [1.29, 1.82) is 0 Å². The Morgan fingerprint density at radius 1 is 1.14 bits per heavy atom. The quantitative estimate of drug-likeness (QED) is 0.343. The van der Waals surface area contributed by atoms with Crippen LogP contribution in [-0.2, 0) is 25.9 Å². The van der Waals surface area contributed by atoms with Crippen LogP contribution in [0, 0.1) is 0 Å². The Morgan fingerprint density at radius 2 is 1.89 bits per heavy atom. The zero-order valence-corrected chi connectivity index (χ0v) is 21.9. The second kappa shape index (κ2) is 10.7. The summed E-state index contributed by atoms with van der Waals surface area (Å²) in [6.07, 6.45) is 1.14. The maximum absolute atomic E-state index is 13.6. The van der Waals surface area contributed by atoms with Crippen LogP contribution in [0.15, 0.2) is 56.6 Å². The van der Waals surface area contributed by atoms with Crippen molar-refractivity contribution >= 4 is 65.9 Å². The second-order valence-corrected chi connectivity index (χ2v) is 11.3. The summed E-state index contributed by atoms with van der Waals surface area (Å²) in [7, 11) is -3.50. The van der Waals surface area contributed by atoms with Crippen molar-refractivity contribution in [2.24, 2.45) is 0 Å². The molecule has 1 saturated heterocycles. The molecule has 192 valence electrons. The summed E-state index contributed by atoms with van der Waals surface area (Å²) in [6.45, 7) is 3.46. The lowest BCUT2D eigenvalue weighted by molar-refractivity contribution is -0.119. The van der Waals surface area contributed by atoms with E-state index in [4.69, 9.17) is 9.15 Å². The number of amides is 1. The van der Waals surface area contributed by atoms with Crippen LogP contribution < -0.4 is 10.7 Å². The average molecular weight is 553 g/mol. The zero-order valence-electron chi connectivity index (χ0n) is 19.5. The van der Waals surface area contributed by atoms with Gasteiger partial charge in [-0.3, -0.25) is 19.2 Å². The van der Waals surface area contributed by atoms with Crippen LogP contribution in [-0.4, -0.2) is 74.4 Å². The highest BCUT2D eigenvalue weighted by atomic mass is 35.5. The molecule has 0 N–H and O–H groups in total. The smallest absolute Gasteiger partial charge is 0.408 e. The Morgan fingerprint density at radius 3 is 2.64 bits per heavy atom. The first-order chi connectivity index (χ1) is 16.8. The number of para-hydroxylation sites is 3. The monoisotopic (exact) mass is 552 g/mol. The molecule has 1 fully saturated rings. The minimum Gasteiger partial charge on any atom is -0.408 e. The van der Waals surface area contributed by atoms with E-state index >= 15 is 0 Å². The summed E-state index contributed by atoms with van der Waals surface area (Å²) in [4.78, 5) is 34.4. The summed E-state index contributed by atoms with van der Waals surface area (Å²) >= 11 is 1.25. The number of sulfone groups is 1. The number of carbonyl (C=O) groups excluding carboxylic acids is 1. The van der Waals surface area contributed by atoms with Crippen molar-refractivity contribution in [3.63, 3.8) is 0 Å². The van der Waals surface area contributed by atoms with Gasteiger partial charge in [0.1, 0.15) is 12.1 Å². The van der Waals surface area contributed by atoms with E-state index in [0.717, 1.165) is 19.3 Å². The van der Waals surface area contributed by atoms with Crippen LogP contribution in [0.3, 0.4) is 0 Å². The van der Waals surface area contributed by atoms with Gasteiger partial charge in [-0.2, -0.15) is 0 Å². The van der Waals surface area contributed by atoms with Crippen LogP contribution in [0.4, 0.5) is 5.13 Å². The molecule has 1 amide bonds. The number of fused-ring (bicyclic) bond motifs is 2. The lowest BCUT2D eigenvalue weighted by Crippen LogP contribution is -2.44. The van der Waals surface area contributed by atoms with E-state index < -0.39 is 15.6 Å². The number of rotatable bonds is 7. The van der Waals surface area contributed by atoms with Crippen molar-refractivity contribution < 1.29 is 22.4 Å². The Labute approximate surface area is 217 Å². The first-order valence-electron chi connectivity index (χ1n) is 11.1. The van der Waals surface area contributed by atoms with Gasteiger partial charge in [-0.1, -0.05) is 29.5 Å². The number of hydrogen-bond donors (Lipinski definition) is 0. The van der Waals surface area contributed by atoms with E-state index in [1.165, 1.54) is 26.9 Å². The molecule has 0 atom stereocenters. The zero-order chi connectivity index (χ0) is 24.6. The molecule has 0 saturated carbocycles. The van der Waals surface area contributed by atoms with E-state index in [1.807, 2.05) is 0 Å². The maximum Gasteiger partial charge on any atom is 0.420 e. The molecule has 0 radical (unpaired) electrons. The highest BCUT2D eigenvalue weighted by Crippen LogP contribution is 2.33. The Bertz CT molecular complexity index is 1560. The van der Waals surface area contributed by atoms with Gasteiger partial charge in [0.2, 0.25) is 5.91 Å². The highest BCUT2D eigenvalue weighted by molar-refractivity contribution is 7.91. The summed E-state index contributed by atoms with van der Waals surface area (Å²) in [5.41, 5.74) is 1.27. The van der Waals surface area contributed by atoms with Gasteiger partial charge in [0, 0.05) is 32.4 Å². The Hall–Kier alpha value is -2.77. The third-order valence-corrected chi connectivity index (χ3v) is 8.08. The molecule has 13 heteroatoms. The number of aromatic nitrogens is 2. The predicted octanol–water partition coefficient (Wildman–Crippen LogP) is 2.39. The number of anilines is 1. The molecule has 3 heterocycles. The number of thiazole rings is 1. The van der Waals surface area contributed by atoms with E-state index in [9.17, 15) is 18.0 Å². The molecular formula is C23H25ClN4O6S2. The van der Waals surface area contributed by atoms with Crippen LogP contribution in [0.25, 0.3) is 21.3 Å². The molecule has 0 aliphatic carbocycles. The molecular weight excluding hydrogens is 528 g/mol. The summed E-state index contributed by atoms with van der Waals surface area (Å²) in [5.74, 6) is -0.955. The summed E-state index contributed by atoms with van der Waals surface area (Å²) in [6, 6.07) is 11.9. The van der Waals surface area contributed by atoms with E-state index in [1.54, 1.807) is 36.4 Å². The van der Waals surface area contributed by atoms with Crippen LogP contribution in [0.5, 0.6) is 0 Å². The molecule has 0 bridgehead atoms. The molecule has 1 aliphatic rings. The first kappa shape index (κ1) is 26.3. The molecule has 36 heavy (non-hydrogen) atoms. The van der Waals surface area contributed by atoms with Crippen molar-refractivity contribution in [2.75, 3.05) is 50.5 Å². The normalized spacial score (nSPS) is 14.7.